The van der Waals surface area contributed by atoms with Crippen molar-refractivity contribution < 1.29 is 9.53 Å². The van der Waals surface area contributed by atoms with E-state index in [2.05, 4.69) is 46.4 Å². The first-order valence-electron chi connectivity index (χ1n) is 9.23. The molecule has 3 rings (SSSR count). The van der Waals surface area contributed by atoms with E-state index < -0.39 is 6.10 Å². The molecule has 1 aliphatic rings. The Labute approximate surface area is 165 Å². The minimum Gasteiger partial charge on any atom is -0.481 e. The fourth-order valence-corrected chi connectivity index (χ4v) is 3.20. The molecule has 1 heterocycles. The Balaban J connectivity index is 1.48. The summed E-state index contributed by atoms with van der Waals surface area (Å²) in [6.45, 7) is 6.47. The van der Waals surface area contributed by atoms with Crippen LogP contribution in [0.5, 0.6) is 5.75 Å². The van der Waals surface area contributed by atoms with E-state index in [1.54, 1.807) is 31.2 Å². The lowest BCUT2D eigenvalue weighted by Crippen LogP contribution is -2.44. The van der Waals surface area contributed by atoms with Crippen molar-refractivity contribution in [3.05, 3.63) is 59.1 Å². The Morgan fingerprint density at radius 1 is 1.15 bits per heavy atom. The van der Waals surface area contributed by atoms with E-state index in [1.807, 2.05) is 0 Å². The molecule has 0 unspecified atom stereocenters. The summed E-state index contributed by atoms with van der Waals surface area (Å²) in [6.07, 6.45) is -0.590. The first kappa shape index (κ1) is 19.5. The Kier molecular flexibility index (Phi) is 6.58. The van der Waals surface area contributed by atoms with Crippen molar-refractivity contribution in [2.75, 3.05) is 38.1 Å². The van der Waals surface area contributed by atoms with Gasteiger partial charge in [0.1, 0.15) is 5.75 Å². The SMILES string of the molecule is C[C@@H](Oc1cccc(Cl)c1)C(=O)NCc1ccc(N2CCN(C)CC2)cc1. The second kappa shape index (κ2) is 9.11. The lowest BCUT2D eigenvalue weighted by atomic mass is 10.1. The highest BCUT2D eigenvalue weighted by Gasteiger charge is 2.16. The van der Waals surface area contributed by atoms with Gasteiger partial charge in [-0.05, 0) is 49.9 Å². The van der Waals surface area contributed by atoms with Crippen LogP contribution in [0.25, 0.3) is 0 Å². The van der Waals surface area contributed by atoms with Crippen molar-refractivity contribution in [3.8, 4) is 5.75 Å². The van der Waals surface area contributed by atoms with Gasteiger partial charge >= 0.3 is 0 Å². The van der Waals surface area contributed by atoms with Gasteiger partial charge in [0, 0.05) is 43.4 Å². The predicted octanol–water partition coefficient (Wildman–Crippen LogP) is 3.18. The number of piperazine rings is 1. The van der Waals surface area contributed by atoms with E-state index in [0.29, 0.717) is 17.3 Å². The quantitative estimate of drug-likeness (QED) is 0.826. The van der Waals surface area contributed by atoms with Crippen molar-refractivity contribution in [3.63, 3.8) is 0 Å². The van der Waals surface area contributed by atoms with Crippen LogP contribution in [0.3, 0.4) is 0 Å². The minimum atomic E-state index is -0.590. The molecule has 1 fully saturated rings. The average molecular weight is 388 g/mol. The van der Waals surface area contributed by atoms with Crippen molar-refractivity contribution in [2.24, 2.45) is 0 Å². The number of hydrogen-bond donors (Lipinski definition) is 1. The van der Waals surface area contributed by atoms with Crippen molar-refractivity contribution in [2.45, 2.75) is 19.6 Å². The van der Waals surface area contributed by atoms with Gasteiger partial charge in [-0.15, -0.1) is 0 Å². The van der Waals surface area contributed by atoms with Gasteiger partial charge in [-0.1, -0.05) is 29.8 Å². The molecular formula is C21H26ClN3O2. The second-order valence-corrected chi connectivity index (χ2v) is 7.33. The van der Waals surface area contributed by atoms with Crippen LogP contribution in [0.1, 0.15) is 12.5 Å². The van der Waals surface area contributed by atoms with E-state index in [4.69, 9.17) is 16.3 Å². The monoisotopic (exact) mass is 387 g/mol. The van der Waals surface area contributed by atoms with Gasteiger partial charge < -0.3 is 19.9 Å². The van der Waals surface area contributed by atoms with Crippen molar-refractivity contribution in [1.82, 2.24) is 10.2 Å². The van der Waals surface area contributed by atoms with Gasteiger partial charge in [-0.3, -0.25) is 4.79 Å². The van der Waals surface area contributed by atoms with E-state index >= 15 is 0 Å². The van der Waals surface area contributed by atoms with Crippen LogP contribution >= 0.6 is 11.6 Å². The molecular weight excluding hydrogens is 362 g/mol. The Hall–Kier alpha value is -2.24. The zero-order valence-corrected chi connectivity index (χ0v) is 16.6. The minimum absolute atomic E-state index is 0.155. The molecule has 0 aliphatic carbocycles. The Bertz CT molecular complexity index is 758. The zero-order chi connectivity index (χ0) is 19.2. The Morgan fingerprint density at radius 3 is 2.52 bits per heavy atom. The van der Waals surface area contributed by atoms with Crippen LogP contribution in [0.2, 0.25) is 5.02 Å². The number of rotatable bonds is 6. The van der Waals surface area contributed by atoms with Gasteiger partial charge in [-0.2, -0.15) is 0 Å². The van der Waals surface area contributed by atoms with Crippen LogP contribution in [0, 0.1) is 0 Å². The Morgan fingerprint density at radius 2 is 1.85 bits per heavy atom. The number of likely N-dealkylation sites (N-methyl/N-ethyl adjacent to an activating group) is 1. The average Bonchev–Trinajstić information content (AvgIpc) is 2.67. The smallest absolute Gasteiger partial charge is 0.261 e. The van der Waals surface area contributed by atoms with E-state index in [-0.39, 0.29) is 5.91 Å². The lowest BCUT2D eigenvalue weighted by Gasteiger charge is -2.34. The molecule has 1 amide bonds. The molecule has 0 aromatic heterocycles. The molecule has 0 spiro atoms. The predicted molar refractivity (Wildman–Crippen MR) is 110 cm³/mol. The number of nitrogens with one attached hydrogen (secondary N) is 1. The summed E-state index contributed by atoms with van der Waals surface area (Å²) in [4.78, 5) is 17.0. The molecule has 144 valence electrons. The van der Waals surface area contributed by atoms with Crippen LogP contribution in [-0.2, 0) is 11.3 Å². The number of amides is 1. The number of ether oxygens (including phenoxy) is 1. The maximum Gasteiger partial charge on any atom is 0.261 e. The number of benzene rings is 2. The molecule has 0 radical (unpaired) electrons. The van der Waals surface area contributed by atoms with E-state index in [1.165, 1.54) is 5.69 Å². The third-order valence-corrected chi connectivity index (χ3v) is 4.98. The van der Waals surface area contributed by atoms with Crippen LogP contribution < -0.4 is 15.0 Å². The highest BCUT2D eigenvalue weighted by Crippen LogP contribution is 2.19. The maximum absolute atomic E-state index is 12.3. The summed E-state index contributed by atoms with van der Waals surface area (Å²) >= 11 is 5.94. The third kappa shape index (κ3) is 5.62. The van der Waals surface area contributed by atoms with Gasteiger partial charge in [0.2, 0.25) is 0 Å². The summed E-state index contributed by atoms with van der Waals surface area (Å²) in [5, 5.41) is 3.51. The number of carbonyl (C=O) groups excluding carboxylic acids is 1. The van der Waals surface area contributed by atoms with Gasteiger partial charge in [0.15, 0.2) is 6.10 Å². The van der Waals surface area contributed by atoms with Crippen molar-refractivity contribution in [1.29, 1.82) is 0 Å². The fraction of sp³-hybridized carbons (Fsp3) is 0.381. The van der Waals surface area contributed by atoms with Crippen LogP contribution in [-0.4, -0.2) is 50.1 Å². The molecule has 2 aromatic rings. The molecule has 1 N–H and O–H groups in total. The summed E-state index contributed by atoms with van der Waals surface area (Å²) in [6, 6.07) is 15.4. The second-order valence-electron chi connectivity index (χ2n) is 6.89. The third-order valence-electron chi connectivity index (χ3n) is 4.75. The summed E-state index contributed by atoms with van der Waals surface area (Å²) < 4.78 is 5.65. The molecule has 2 aromatic carbocycles. The van der Waals surface area contributed by atoms with Crippen molar-refractivity contribution >= 4 is 23.2 Å². The molecule has 6 heteroatoms. The molecule has 1 atom stereocenters. The first-order chi connectivity index (χ1) is 13.0. The summed E-state index contributed by atoms with van der Waals surface area (Å²) in [5.41, 5.74) is 2.30. The topological polar surface area (TPSA) is 44.8 Å². The van der Waals surface area contributed by atoms with Gasteiger partial charge in [0.25, 0.3) is 5.91 Å². The largest absolute Gasteiger partial charge is 0.481 e. The molecule has 5 nitrogen and oxygen atoms in total. The number of halogens is 1. The number of hydrogen-bond acceptors (Lipinski definition) is 4. The normalized spacial score (nSPS) is 16.0. The van der Waals surface area contributed by atoms with Crippen LogP contribution in [0.15, 0.2) is 48.5 Å². The van der Waals surface area contributed by atoms with Gasteiger partial charge in [-0.25, -0.2) is 0 Å². The first-order valence-corrected chi connectivity index (χ1v) is 9.61. The van der Waals surface area contributed by atoms with E-state index in [9.17, 15) is 4.79 Å². The molecule has 0 bridgehead atoms. The van der Waals surface area contributed by atoms with Gasteiger partial charge in [0.05, 0.1) is 0 Å². The highest BCUT2D eigenvalue weighted by molar-refractivity contribution is 6.30. The maximum atomic E-state index is 12.3. The molecule has 1 saturated heterocycles. The summed E-state index contributed by atoms with van der Waals surface area (Å²) in [5.74, 6) is 0.430. The molecule has 1 aliphatic heterocycles. The van der Waals surface area contributed by atoms with Crippen LogP contribution in [0.4, 0.5) is 5.69 Å². The van der Waals surface area contributed by atoms with E-state index in [0.717, 1.165) is 31.7 Å². The lowest BCUT2D eigenvalue weighted by molar-refractivity contribution is -0.127. The zero-order valence-electron chi connectivity index (χ0n) is 15.8. The molecule has 27 heavy (non-hydrogen) atoms. The fourth-order valence-electron chi connectivity index (χ4n) is 3.02. The highest BCUT2D eigenvalue weighted by atomic mass is 35.5. The summed E-state index contributed by atoms with van der Waals surface area (Å²) in [7, 11) is 2.15. The number of nitrogens with zero attached hydrogens (tertiary/aromatic N) is 2. The number of carbonyl (C=O) groups is 1. The molecule has 0 saturated carbocycles. The number of anilines is 1. The standard InChI is InChI=1S/C21H26ClN3O2/c1-16(27-20-5-3-4-18(22)14-20)21(26)23-15-17-6-8-19(9-7-17)25-12-10-24(2)11-13-25/h3-9,14,16H,10-13,15H2,1-2H3,(H,23,26)/t16-/m1/s1.